The number of thioether (sulfide) groups is 1. The fourth-order valence-electron chi connectivity index (χ4n) is 2.44. The van der Waals surface area contributed by atoms with E-state index in [0.29, 0.717) is 0 Å². The fourth-order valence-corrected chi connectivity index (χ4v) is 3.18. The van der Waals surface area contributed by atoms with Crippen LogP contribution in [-0.2, 0) is 4.79 Å². The second kappa shape index (κ2) is 8.53. The van der Waals surface area contributed by atoms with Gasteiger partial charge in [-0.15, -0.1) is 11.8 Å². The maximum atomic E-state index is 12.0. The number of aromatic amines is 1. The van der Waals surface area contributed by atoms with Crippen molar-refractivity contribution in [2.45, 2.75) is 12.2 Å². The Hall–Kier alpha value is -3.40. The zero-order chi connectivity index (χ0) is 20.1. The molecule has 2 aromatic carbocycles. The number of carbonyl (C=O) groups is 2. The Morgan fingerprint density at radius 1 is 1.21 bits per heavy atom. The van der Waals surface area contributed by atoms with Crippen LogP contribution < -0.4 is 10.9 Å². The van der Waals surface area contributed by atoms with Crippen LogP contribution in [-0.4, -0.2) is 32.5 Å². The largest absolute Gasteiger partial charge is 0.341 e. The number of hydrogen-bond acceptors (Lipinski definition) is 6. The third-order valence-corrected chi connectivity index (χ3v) is 5.04. The van der Waals surface area contributed by atoms with Crippen LogP contribution in [0.1, 0.15) is 28.4 Å². The molecule has 0 radical (unpaired) electrons. The van der Waals surface area contributed by atoms with Crippen molar-refractivity contribution in [3.63, 3.8) is 0 Å². The molecule has 0 aliphatic carbocycles. The molecular formula is C18H17N5O4S. The molecule has 0 fully saturated rings. The number of benzene rings is 2. The molecule has 3 aromatic rings. The smallest absolute Gasteiger partial charge is 0.270 e. The summed E-state index contributed by atoms with van der Waals surface area (Å²) < 4.78 is 0. The molecule has 9 nitrogen and oxygen atoms in total. The molecule has 1 atom stereocenters. The first kappa shape index (κ1) is 19.4. The van der Waals surface area contributed by atoms with Gasteiger partial charge in [0.1, 0.15) is 5.82 Å². The molecule has 1 aromatic heterocycles. The average Bonchev–Trinajstić information content (AvgIpc) is 3.14. The predicted molar refractivity (Wildman–Crippen MR) is 106 cm³/mol. The van der Waals surface area contributed by atoms with Gasteiger partial charge in [-0.3, -0.25) is 30.6 Å². The Labute approximate surface area is 164 Å². The molecule has 28 heavy (non-hydrogen) atoms. The van der Waals surface area contributed by atoms with E-state index >= 15 is 0 Å². The number of amides is 2. The molecule has 0 saturated heterocycles. The molecule has 1 heterocycles. The number of fused-ring (bicyclic) bond motifs is 1. The summed E-state index contributed by atoms with van der Waals surface area (Å²) in [6.45, 7) is 1.93. The first-order valence-electron chi connectivity index (χ1n) is 8.34. The number of hydrazine groups is 1. The fraction of sp³-hybridized carbons (Fsp3) is 0.167. The summed E-state index contributed by atoms with van der Waals surface area (Å²) in [4.78, 5) is 41.9. The molecule has 0 unspecified atom stereocenters. The summed E-state index contributed by atoms with van der Waals surface area (Å²) in [6, 6.07) is 12.9. The van der Waals surface area contributed by atoms with Crippen molar-refractivity contribution in [2.24, 2.45) is 0 Å². The monoisotopic (exact) mass is 399 g/mol. The zero-order valence-corrected chi connectivity index (χ0v) is 15.7. The highest BCUT2D eigenvalue weighted by Gasteiger charge is 2.15. The minimum Gasteiger partial charge on any atom is -0.341 e. The van der Waals surface area contributed by atoms with E-state index in [1.807, 2.05) is 31.2 Å². The van der Waals surface area contributed by atoms with Crippen LogP contribution in [0, 0.1) is 10.1 Å². The van der Waals surface area contributed by atoms with Crippen molar-refractivity contribution in [1.82, 2.24) is 20.8 Å². The number of non-ortho nitro benzene ring substituents is 1. The molecule has 0 saturated carbocycles. The predicted octanol–water partition coefficient (Wildman–Crippen LogP) is 2.73. The number of H-pyrrole nitrogens is 1. The van der Waals surface area contributed by atoms with Gasteiger partial charge < -0.3 is 4.98 Å². The lowest BCUT2D eigenvalue weighted by Gasteiger charge is -2.10. The number of carbonyl (C=O) groups excluding carboxylic acids is 2. The normalized spacial score (nSPS) is 11.8. The third-order valence-electron chi connectivity index (χ3n) is 3.89. The van der Waals surface area contributed by atoms with Crippen molar-refractivity contribution >= 4 is 40.3 Å². The Morgan fingerprint density at radius 2 is 2.00 bits per heavy atom. The third kappa shape index (κ3) is 4.65. The molecule has 0 spiro atoms. The number of nitro groups is 1. The van der Waals surface area contributed by atoms with Crippen LogP contribution in [0.15, 0.2) is 48.5 Å². The van der Waals surface area contributed by atoms with E-state index in [4.69, 9.17) is 0 Å². The number of nitrogens with one attached hydrogen (secondary N) is 3. The highest BCUT2D eigenvalue weighted by molar-refractivity contribution is 8.00. The number of imidazole rings is 1. The average molecular weight is 399 g/mol. The van der Waals surface area contributed by atoms with Gasteiger partial charge in [0, 0.05) is 17.7 Å². The molecule has 0 aliphatic heterocycles. The lowest BCUT2D eigenvalue weighted by molar-refractivity contribution is -0.384. The molecule has 144 valence electrons. The number of rotatable bonds is 6. The summed E-state index contributed by atoms with van der Waals surface area (Å²) in [5, 5.41) is 10.7. The van der Waals surface area contributed by atoms with E-state index in [0.717, 1.165) is 22.9 Å². The quantitative estimate of drug-likeness (QED) is 0.432. The summed E-state index contributed by atoms with van der Waals surface area (Å²) in [7, 11) is 0. The van der Waals surface area contributed by atoms with E-state index in [2.05, 4.69) is 20.8 Å². The van der Waals surface area contributed by atoms with Gasteiger partial charge in [0.25, 0.3) is 11.6 Å². The number of nitro benzene ring substituents is 1. The van der Waals surface area contributed by atoms with Gasteiger partial charge in [0.05, 0.1) is 27.0 Å². The minimum atomic E-state index is -0.632. The van der Waals surface area contributed by atoms with Gasteiger partial charge in [-0.05, 0) is 25.1 Å². The van der Waals surface area contributed by atoms with Crippen molar-refractivity contribution in [3.05, 3.63) is 70.0 Å². The lowest BCUT2D eigenvalue weighted by Crippen LogP contribution is -2.42. The van der Waals surface area contributed by atoms with Crippen molar-refractivity contribution in [3.8, 4) is 0 Å². The van der Waals surface area contributed by atoms with E-state index in [1.54, 1.807) is 0 Å². The van der Waals surface area contributed by atoms with Gasteiger partial charge in [-0.1, -0.05) is 18.2 Å². The molecule has 0 bridgehead atoms. The standard InChI is InChI=1S/C18H17N5O4S/c1-11(17-19-14-7-2-3-8-15(14)20-17)28-10-16(24)21-22-18(25)12-5-4-6-13(9-12)23(26)27/h2-9,11H,10H2,1H3,(H,19,20)(H,21,24)(H,22,25)/t11-/m0/s1. The van der Waals surface area contributed by atoms with Gasteiger partial charge in [-0.2, -0.15) is 0 Å². The van der Waals surface area contributed by atoms with E-state index < -0.39 is 16.7 Å². The van der Waals surface area contributed by atoms with Crippen LogP contribution in [0.3, 0.4) is 0 Å². The molecule has 3 N–H and O–H groups in total. The number of para-hydroxylation sites is 2. The van der Waals surface area contributed by atoms with Crippen LogP contribution in [0.4, 0.5) is 5.69 Å². The molecule has 0 aliphatic rings. The summed E-state index contributed by atoms with van der Waals surface area (Å²) >= 11 is 1.36. The Morgan fingerprint density at radius 3 is 2.75 bits per heavy atom. The summed E-state index contributed by atoms with van der Waals surface area (Å²) in [5.41, 5.74) is 6.23. The Balaban J connectivity index is 1.49. The van der Waals surface area contributed by atoms with Crippen molar-refractivity contribution < 1.29 is 14.5 Å². The van der Waals surface area contributed by atoms with Crippen LogP contribution in [0.5, 0.6) is 0 Å². The SMILES string of the molecule is C[C@H](SCC(=O)NNC(=O)c1cccc([N+](=O)[O-])c1)c1nc2ccccc2[nH]1. The molecule has 2 amide bonds. The maximum Gasteiger partial charge on any atom is 0.270 e. The second-order valence-corrected chi connectivity index (χ2v) is 7.23. The zero-order valence-electron chi connectivity index (χ0n) is 14.8. The highest BCUT2D eigenvalue weighted by Crippen LogP contribution is 2.27. The van der Waals surface area contributed by atoms with E-state index in [-0.39, 0.29) is 22.3 Å². The van der Waals surface area contributed by atoms with Gasteiger partial charge >= 0.3 is 0 Å². The first-order chi connectivity index (χ1) is 13.4. The van der Waals surface area contributed by atoms with Crippen LogP contribution >= 0.6 is 11.8 Å². The van der Waals surface area contributed by atoms with Crippen molar-refractivity contribution in [2.75, 3.05) is 5.75 Å². The van der Waals surface area contributed by atoms with Crippen LogP contribution in [0.25, 0.3) is 11.0 Å². The highest BCUT2D eigenvalue weighted by atomic mass is 32.2. The maximum absolute atomic E-state index is 12.0. The Bertz CT molecular complexity index is 1000. The van der Waals surface area contributed by atoms with E-state index in [9.17, 15) is 19.7 Å². The lowest BCUT2D eigenvalue weighted by atomic mass is 10.2. The number of nitrogens with zero attached hydrogens (tertiary/aromatic N) is 2. The first-order valence-corrected chi connectivity index (χ1v) is 9.39. The summed E-state index contributed by atoms with van der Waals surface area (Å²) in [6.07, 6.45) is 0. The molecular weight excluding hydrogens is 382 g/mol. The number of hydrogen-bond donors (Lipinski definition) is 3. The minimum absolute atomic E-state index is 0.0503. The van der Waals surface area contributed by atoms with Gasteiger partial charge in [-0.25, -0.2) is 4.98 Å². The van der Waals surface area contributed by atoms with E-state index in [1.165, 1.54) is 30.0 Å². The second-order valence-electron chi connectivity index (χ2n) is 5.90. The Kier molecular flexibility index (Phi) is 5.90. The molecule has 10 heteroatoms. The van der Waals surface area contributed by atoms with Gasteiger partial charge in [0.15, 0.2) is 0 Å². The van der Waals surface area contributed by atoms with Gasteiger partial charge in [0.2, 0.25) is 5.91 Å². The van der Waals surface area contributed by atoms with Crippen LogP contribution in [0.2, 0.25) is 0 Å². The summed E-state index contributed by atoms with van der Waals surface area (Å²) in [5.74, 6) is -0.160. The topological polar surface area (TPSA) is 130 Å². The van der Waals surface area contributed by atoms with Crippen molar-refractivity contribution in [1.29, 1.82) is 0 Å². The molecule has 3 rings (SSSR count). The number of aromatic nitrogens is 2.